The molecule has 1 unspecified atom stereocenters. The lowest BCUT2D eigenvalue weighted by molar-refractivity contribution is -0.139. The van der Waals surface area contributed by atoms with Crippen LogP contribution >= 0.6 is 0 Å². The molecule has 0 radical (unpaired) electrons. The predicted molar refractivity (Wildman–Crippen MR) is 67.6 cm³/mol. The Morgan fingerprint density at radius 2 is 2.16 bits per heavy atom. The summed E-state index contributed by atoms with van der Waals surface area (Å²) in [6, 6.07) is 3.84. The minimum atomic E-state index is -1.17. The largest absolute Gasteiger partial charge is 0.480 e. The van der Waals surface area contributed by atoms with Crippen LogP contribution in [0.4, 0.5) is 4.79 Å². The fourth-order valence-electron chi connectivity index (χ4n) is 1.45. The van der Waals surface area contributed by atoms with Gasteiger partial charge in [0.25, 0.3) is 0 Å². The highest BCUT2D eigenvalue weighted by Crippen LogP contribution is 1.94. The Balaban J connectivity index is 2.29. The topological polar surface area (TPSA) is 112 Å². The number of nitrogens with one attached hydrogen (secondary N) is 2. The van der Waals surface area contributed by atoms with Crippen LogP contribution in [-0.4, -0.2) is 46.4 Å². The Morgan fingerprint density at radius 3 is 2.74 bits per heavy atom. The third-order valence-corrected chi connectivity index (χ3v) is 2.41. The van der Waals surface area contributed by atoms with E-state index in [2.05, 4.69) is 15.6 Å². The number of aliphatic hydroxyl groups excluding tert-OH is 1. The first-order valence-electron chi connectivity index (χ1n) is 5.91. The minimum absolute atomic E-state index is 0.0248. The summed E-state index contributed by atoms with van der Waals surface area (Å²) in [5.41, 5.74) is 0.841. The van der Waals surface area contributed by atoms with E-state index >= 15 is 0 Å². The summed E-state index contributed by atoms with van der Waals surface area (Å²) in [5, 5.41) is 22.3. The number of nitrogens with zero attached hydrogens (tertiary/aromatic N) is 1. The van der Waals surface area contributed by atoms with Crippen molar-refractivity contribution in [2.24, 2.45) is 0 Å². The zero-order valence-electron chi connectivity index (χ0n) is 10.4. The van der Waals surface area contributed by atoms with E-state index in [-0.39, 0.29) is 13.0 Å². The molecule has 0 saturated carbocycles. The van der Waals surface area contributed by atoms with Crippen LogP contribution in [0.15, 0.2) is 24.4 Å². The molecule has 0 aliphatic rings. The second kappa shape index (κ2) is 8.04. The van der Waals surface area contributed by atoms with Crippen LogP contribution in [0, 0.1) is 0 Å². The van der Waals surface area contributed by atoms with Gasteiger partial charge in [-0.2, -0.15) is 0 Å². The standard InChI is InChI=1S/C12H17N3O4/c16-8-5-10(11(17)18)15-12(19)14-7-4-9-3-1-2-6-13-9/h1-3,6,10,16H,4-5,7-8H2,(H,17,18)(H2,14,15,19). The quantitative estimate of drug-likeness (QED) is 0.544. The average molecular weight is 267 g/mol. The Bertz CT molecular complexity index is 411. The van der Waals surface area contributed by atoms with E-state index in [4.69, 9.17) is 10.2 Å². The van der Waals surface area contributed by atoms with Crippen molar-refractivity contribution in [1.82, 2.24) is 15.6 Å². The summed E-state index contributed by atoms with van der Waals surface area (Å²) in [4.78, 5) is 26.3. The van der Waals surface area contributed by atoms with Gasteiger partial charge in [0.05, 0.1) is 0 Å². The number of carboxylic acids is 1. The van der Waals surface area contributed by atoms with Gasteiger partial charge in [-0.05, 0) is 12.1 Å². The lowest BCUT2D eigenvalue weighted by atomic mass is 10.2. The van der Waals surface area contributed by atoms with E-state index in [0.29, 0.717) is 13.0 Å². The maximum Gasteiger partial charge on any atom is 0.326 e. The monoisotopic (exact) mass is 267 g/mol. The lowest BCUT2D eigenvalue weighted by Gasteiger charge is -2.13. The normalized spacial score (nSPS) is 11.6. The number of aliphatic carboxylic acids is 1. The van der Waals surface area contributed by atoms with Crippen molar-refractivity contribution in [2.75, 3.05) is 13.2 Å². The van der Waals surface area contributed by atoms with Gasteiger partial charge >= 0.3 is 12.0 Å². The molecule has 0 aromatic carbocycles. The summed E-state index contributed by atoms with van der Waals surface area (Å²) in [7, 11) is 0. The third-order valence-electron chi connectivity index (χ3n) is 2.41. The van der Waals surface area contributed by atoms with Crippen LogP contribution in [0.5, 0.6) is 0 Å². The van der Waals surface area contributed by atoms with Crippen molar-refractivity contribution in [1.29, 1.82) is 0 Å². The van der Waals surface area contributed by atoms with Crippen LogP contribution in [0.25, 0.3) is 0 Å². The molecule has 7 heteroatoms. The Kier molecular flexibility index (Phi) is 6.31. The molecule has 104 valence electrons. The highest BCUT2D eigenvalue weighted by atomic mass is 16.4. The first kappa shape index (κ1) is 14.9. The number of aromatic nitrogens is 1. The van der Waals surface area contributed by atoms with Crippen LogP contribution < -0.4 is 10.6 Å². The molecule has 0 spiro atoms. The molecular weight excluding hydrogens is 250 g/mol. The van der Waals surface area contributed by atoms with Gasteiger partial charge in [-0.15, -0.1) is 0 Å². The molecule has 19 heavy (non-hydrogen) atoms. The van der Waals surface area contributed by atoms with Crippen molar-refractivity contribution in [3.05, 3.63) is 30.1 Å². The highest BCUT2D eigenvalue weighted by Gasteiger charge is 2.18. The van der Waals surface area contributed by atoms with Crippen LogP contribution in [-0.2, 0) is 11.2 Å². The number of hydrogen-bond donors (Lipinski definition) is 4. The Morgan fingerprint density at radius 1 is 1.37 bits per heavy atom. The zero-order valence-corrected chi connectivity index (χ0v) is 10.4. The van der Waals surface area contributed by atoms with Gasteiger partial charge in [0.2, 0.25) is 0 Å². The van der Waals surface area contributed by atoms with E-state index in [1.165, 1.54) is 0 Å². The second-order valence-corrected chi connectivity index (χ2v) is 3.87. The van der Waals surface area contributed by atoms with Crippen molar-refractivity contribution in [3.63, 3.8) is 0 Å². The second-order valence-electron chi connectivity index (χ2n) is 3.87. The van der Waals surface area contributed by atoms with Crippen molar-refractivity contribution < 1.29 is 19.8 Å². The summed E-state index contributed by atoms with van der Waals surface area (Å²) >= 11 is 0. The first-order chi connectivity index (χ1) is 9.13. The molecule has 0 aliphatic heterocycles. The Labute approximate surface area is 110 Å². The van der Waals surface area contributed by atoms with E-state index < -0.39 is 18.0 Å². The number of carbonyl (C=O) groups is 2. The van der Waals surface area contributed by atoms with Gasteiger partial charge in [0, 0.05) is 37.9 Å². The van der Waals surface area contributed by atoms with Gasteiger partial charge in [0.15, 0.2) is 0 Å². The molecule has 1 heterocycles. The van der Waals surface area contributed by atoms with Crippen LogP contribution in [0.3, 0.4) is 0 Å². The number of aliphatic hydroxyl groups is 1. The zero-order chi connectivity index (χ0) is 14.1. The minimum Gasteiger partial charge on any atom is -0.480 e. The van der Waals surface area contributed by atoms with Gasteiger partial charge in [-0.1, -0.05) is 6.07 Å². The van der Waals surface area contributed by atoms with Crippen LogP contribution in [0.2, 0.25) is 0 Å². The maximum atomic E-state index is 11.4. The summed E-state index contributed by atoms with van der Waals surface area (Å²) < 4.78 is 0. The number of pyridine rings is 1. The molecule has 1 aromatic rings. The number of hydrogen-bond acceptors (Lipinski definition) is 4. The van der Waals surface area contributed by atoms with Crippen molar-refractivity contribution in [3.8, 4) is 0 Å². The smallest absolute Gasteiger partial charge is 0.326 e. The third kappa shape index (κ3) is 5.82. The molecule has 0 fully saturated rings. The lowest BCUT2D eigenvalue weighted by Crippen LogP contribution is -2.46. The molecule has 0 aliphatic carbocycles. The molecule has 4 N–H and O–H groups in total. The molecule has 7 nitrogen and oxygen atoms in total. The molecule has 1 atom stereocenters. The fraction of sp³-hybridized carbons (Fsp3) is 0.417. The van der Waals surface area contributed by atoms with Gasteiger partial charge in [-0.25, -0.2) is 9.59 Å². The summed E-state index contributed by atoms with van der Waals surface area (Å²) in [6.07, 6.45) is 2.20. The SMILES string of the molecule is O=C(NCCc1ccccn1)NC(CCO)C(=O)O. The van der Waals surface area contributed by atoms with Crippen LogP contribution in [0.1, 0.15) is 12.1 Å². The number of carbonyl (C=O) groups excluding carboxylic acids is 1. The molecule has 1 aromatic heterocycles. The van der Waals surface area contributed by atoms with E-state index in [9.17, 15) is 9.59 Å². The average Bonchev–Trinajstić information content (AvgIpc) is 2.39. The van der Waals surface area contributed by atoms with Gasteiger partial charge < -0.3 is 20.8 Å². The maximum absolute atomic E-state index is 11.4. The summed E-state index contributed by atoms with van der Waals surface area (Å²) in [5.74, 6) is -1.17. The van der Waals surface area contributed by atoms with E-state index in [0.717, 1.165) is 5.69 Å². The molecule has 0 bridgehead atoms. The molecule has 2 amide bonds. The number of amides is 2. The fourth-order valence-corrected chi connectivity index (χ4v) is 1.45. The molecule has 0 saturated heterocycles. The van der Waals surface area contributed by atoms with Crippen molar-refractivity contribution >= 4 is 12.0 Å². The van der Waals surface area contributed by atoms with E-state index in [1.807, 2.05) is 12.1 Å². The van der Waals surface area contributed by atoms with Gasteiger partial charge in [-0.3, -0.25) is 4.98 Å². The van der Waals surface area contributed by atoms with Crippen molar-refractivity contribution in [2.45, 2.75) is 18.9 Å². The Hall–Kier alpha value is -2.15. The van der Waals surface area contributed by atoms with Gasteiger partial charge in [0.1, 0.15) is 6.04 Å². The number of carboxylic acid groups (broad SMARTS) is 1. The highest BCUT2D eigenvalue weighted by molar-refractivity contribution is 5.82. The number of rotatable bonds is 7. The molecule has 1 rings (SSSR count). The summed E-state index contributed by atoms with van der Waals surface area (Å²) in [6.45, 7) is 0.0551. The first-order valence-corrected chi connectivity index (χ1v) is 5.91. The molecular formula is C12H17N3O4. The number of urea groups is 1. The predicted octanol–water partition coefficient (Wildman–Crippen LogP) is -0.241. The van der Waals surface area contributed by atoms with E-state index in [1.54, 1.807) is 12.3 Å².